The molecule has 7 heteroatoms. The summed E-state index contributed by atoms with van der Waals surface area (Å²) < 4.78 is 27.8. The van der Waals surface area contributed by atoms with Crippen molar-refractivity contribution in [3.8, 4) is 5.69 Å². The van der Waals surface area contributed by atoms with Gasteiger partial charge in [-0.1, -0.05) is 17.7 Å². The topological polar surface area (TPSA) is 52.2 Å². The summed E-state index contributed by atoms with van der Waals surface area (Å²) in [6, 6.07) is 7.27. The molecular weight excluding hydrogens is 266 g/mol. The second-order valence-electron chi connectivity index (χ2n) is 4.36. The molecular formula is C13H10F2N4O. The molecule has 102 valence electrons. The summed E-state index contributed by atoms with van der Waals surface area (Å²) in [6.07, 6.45) is 0.00692. The van der Waals surface area contributed by atoms with Gasteiger partial charge in [0.1, 0.15) is 0 Å². The molecule has 0 saturated carbocycles. The minimum atomic E-state index is -2.78. The molecule has 0 amide bonds. The predicted molar refractivity (Wildman–Crippen MR) is 68.3 cm³/mol. The van der Waals surface area contributed by atoms with E-state index >= 15 is 0 Å². The zero-order valence-electron chi connectivity index (χ0n) is 10.5. The van der Waals surface area contributed by atoms with E-state index in [9.17, 15) is 13.6 Å². The van der Waals surface area contributed by atoms with E-state index in [1.165, 1.54) is 17.0 Å². The van der Waals surface area contributed by atoms with Gasteiger partial charge in [0.2, 0.25) is 11.5 Å². The van der Waals surface area contributed by atoms with E-state index < -0.39 is 17.8 Å². The standard InChI is InChI=1S/C13H10F2N4O/c1-8-2-4-9(5-3-8)18-6-7-19-11(10(14)15)16-17-12(19)13(18)20/h2-7,10H,1H3. The van der Waals surface area contributed by atoms with E-state index in [1.54, 1.807) is 12.1 Å². The van der Waals surface area contributed by atoms with Crippen LogP contribution in [0.2, 0.25) is 0 Å². The predicted octanol–water partition coefficient (Wildman–Crippen LogP) is 2.13. The number of halogens is 2. The molecule has 0 saturated heterocycles. The van der Waals surface area contributed by atoms with Gasteiger partial charge in [0.15, 0.2) is 0 Å². The third kappa shape index (κ3) is 1.87. The molecule has 0 radical (unpaired) electrons. The van der Waals surface area contributed by atoms with Crippen molar-refractivity contribution < 1.29 is 8.78 Å². The number of rotatable bonds is 2. The van der Waals surface area contributed by atoms with Gasteiger partial charge in [0, 0.05) is 18.1 Å². The van der Waals surface area contributed by atoms with E-state index in [0.717, 1.165) is 9.96 Å². The van der Waals surface area contributed by atoms with Crippen LogP contribution in [0.25, 0.3) is 11.3 Å². The number of nitrogens with zero attached hydrogens (tertiary/aromatic N) is 4. The second kappa shape index (κ2) is 4.52. The highest BCUT2D eigenvalue weighted by atomic mass is 19.3. The third-order valence-electron chi connectivity index (χ3n) is 3.00. The molecule has 0 aliphatic heterocycles. The van der Waals surface area contributed by atoms with Crippen molar-refractivity contribution >= 4 is 5.65 Å². The maximum absolute atomic E-state index is 12.7. The molecule has 20 heavy (non-hydrogen) atoms. The summed E-state index contributed by atoms with van der Waals surface area (Å²) >= 11 is 0. The van der Waals surface area contributed by atoms with Crippen molar-refractivity contribution in [3.05, 3.63) is 58.4 Å². The van der Waals surface area contributed by atoms with Crippen LogP contribution in [0.3, 0.4) is 0 Å². The monoisotopic (exact) mass is 276 g/mol. The lowest BCUT2D eigenvalue weighted by molar-refractivity contribution is 0.139. The van der Waals surface area contributed by atoms with Gasteiger partial charge in [0.25, 0.3) is 6.43 Å². The molecule has 0 atom stereocenters. The van der Waals surface area contributed by atoms with Crippen LogP contribution in [-0.2, 0) is 0 Å². The van der Waals surface area contributed by atoms with Crippen LogP contribution in [-0.4, -0.2) is 19.2 Å². The van der Waals surface area contributed by atoms with Crippen molar-refractivity contribution in [1.29, 1.82) is 0 Å². The fourth-order valence-corrected chi connectivity index (χ4v) is 1.96. The van der Waals surface area contributed by atoms with Gasteiger partial charge < -0.3 is 0 Å². The van der Waals surface area contributed by atoms with Crippen LogP contribution in [0, 0.1) is 6.92 Å². The number of fused-ring (bicyclic) bond motifs is 1. The molecule has 3 aromatic rings. The normalized spacial score (nSPS) is 11.4. The molecule has 0 N–H and O–H groups in total. The molecule has 2 aromatic heterocycles. The van der Waals surface area contributed by atoms with Gasteiger partial charge in [-0.15, -0.1) is 10.2 Å². The summed E-state index contributed by atoms with van der Waals surface area (Å²) in [6.45, 7) is 1.93. The molecule has 0 fully saturated rings. The Bertz CT molecular complexity index is 820. The number of hydrogen-bond acceptors (Lipinski definition) is 3. The first-order chi connectivity index (χ1) is 9.58. The van der Waals surface area contributed by atoms with Crippen molar-refractivity contribution in [2.75, 3.05) is 0 Å². The molecule has 0 aliphatic rings. The third-order valence-corrected chi connectivity index (χ3v) is 3.00. The van der Waals surface area contributed by atoms with Crippen molar-refractivity contribution in [2.45, 2.75) is 13.3 Å². The minimum Gasteiger partial charge on any atom is -0.280 e. The number of aromatic nitrogens is 4. The van der Waals surface area contributed by atoms with Crippen molar-refractivity contribution in [3.63, 3.8) is 0 Å². The van der Waals surface area contributed by atoms with Crippen molar-refractivity contribution in [2.24, 2.45) is 0 Å². The summed E-state index contributed by atoms with van der Waals surface area (Å²) in [4.78, 5) is 12.2. The van der Waals surface area contributed by atoms with Crippen molar-refractivity contribution in [1.82, 2.24) is 19.2 Å². The molecule has 1 aromatic carbocycles. The Balaban J connectivity index is 2.22. The van der Waals surface area contributed by atoms with E-state index in [2.05, 4.69) is 10.2 Å². The van der Waals surface area contributed by atoms with Gasteiger partial charge in [-0.3, -0.25) is 13.8 Å². The van der Waals surface area contributed by atoms with E-state index in [4.69, 9.17) is 0 Å². The van der Waals surface area contributed by atoms with Gasteiger partial charge in [-0.25, -0.2) is 8.78 Å². The number of hydrogen-bond donors (Lipinski definition) is 0. The van der Waals surface area contributed by atoms with Crippen LogP contribution in [0.15, 0.2) is 41.5 Å². The first-order valence-corrected chi connectivity index (χ1v) is 5.89. The fraction of sp³-hybridized carbons (Fsp3) is 0.154. The van der Waals surface area contributed by atoms with Gasteiger partial charge in [0.05, 0.1) is 0 Å². The first kappa shape index (κ1) is 12.5. The van der Waals surface area contributed by atoms with Crippen LogP contribution in [0.1, 0.15) is 17.8 Å². The van der Waals surface area contributed by atoms with Gasteiger partial charge >= 0.3 is 5.56 Å². The molecule has 0 unspecified atom stereocenters. The van der Waals surface area contributed by atoms with E-state index in [1.807, 2.05) is 19.1 Å². The molecule has 2 heterocycles. The second-order valence-corrected chi connectivity index (χ2v) is 4.36. The lowest BCUT2D eigenvalue weighted by Crippen LogP contribution is -2.20. The smallest absolute Gasteiger partial charge is 0.280 e. The van der Waals surface area contributed by atoms with E-state index in [0.29, 0.717) is 5.69 Å². The zero-order valence-corrected chi connectivity index (χ0v) is 10.5. The summed E-state index contributed by atoms with van der Waals surface area (Å²) in [5.41, 5.74) is 1.09. The van der Waals surface area contributed by atoms with Crippen LogP contribution in [0.5, 0.6) is 0 Å². The molecule has 5 nitrogen and oxygen atoms in total. The molecule has 0 bridgehead atoms. The average Bonchev–Trinajstić information content (AvgIpc) is 2.85. The molecule has 0 aliphatic carbocycles. The van der Waals surface area contributed by atoms with Gasteiger partial charge in [-0.2, -0.15) is 0 Å². The molecule has 0 spiro atoms. The minimum absolute atomic E-state index is 0.122. The quantitative estimate of drug-likeness (QED) is 0.720. The zero-order chi connectivity index (χ0) is 14.3. The lowest BCUT2D eigenvalue weighted by atomic mass is 10.2. The Morgan fingerprint density at radius 2 is 1.80 bits per heavy atom. The van der Waals surface area contributed by atoms with Gasteiger partial charge in [-0.05, 0) is 19.1 Å². The highest BCUT2D eigenvalue weighted by Crippen LogP contribution is 2.16. The summed E-state index contributed by atoms with van der Waals surface area (Å²) in [5, 5.41) is 6.90. The SMILES string of the molecule is Cc1ccc(-n2ccn3c(C(F)F)nnc3c2=O)cc1. The maximum Gasteiger partial charge on any atom is 0.300 e. The summed E-state index contributed by atoms with van der Waals surface area (Å²) in [5.74, 6) is -0.534. The Morgan fingerprint density at radius 1 is 1.10 bits per heavy atom. The fourth-order valence-electron chi connectivity index (χ4n) is 1.96. The number of benzene rings is 1. The Kier molecular flexibility index (Phi) is 2.81. The highest BCUT2D eigenvalue weighted by molar-refractivity contribution is 5.41. The highest BCUT2D eigenvalue weighted by Gasteiger charge is 2.18. The van der Waals surface area contributed by atoms with Crippen LogP contribution < -0.4 is 5.56 Å². The van der Waals surface area contributed by atoms with Crippen LogP contribution in [0.4, 0.5) is 8.78 Å². The van der Waals surface area contributed by atoms with Crippen LogP contribution >= 0.6 is 0 Å². The van der Waals surface area contributed by atoms with E-state index in [-0.39, 0.29) is 5.65 Å². The largest absolute Gasteiger partial charge is 0.300 e. The first-order valence-electron chi connectivity index (χ1n) is 5.89. The average molecular weight is 276 g/mol. The Morgan fingerprint density at radius 3 is 2.45 bits per heavy atom. The summed E-state index contributed by atoms with van der Waals surface area (Å²) in [7, 11) is 0. The lowest BCUT2D eigenvalue weighted by Gasteiger charge is -2.06. The Hall–Kier alpha value is -2.57. The maximum atomic E-state index is 12.7. The number of alkyl halides is 2. The number of aryl methyl sites for hydroxylation is 1. The molecule has 3 rings (SSSR count). The Labute approximate surface area is 112 Å².